The first kappa shape index (κ1) is 16.3. The van der Waals surface area contributed by atoms with Gasteiger partial charge in [-0.05, 0) is 26.2 Å². The average molecular weight is 294 g/mol. The lowest BCUT2D eigenvalue weighted by molar-refractivity contribution is -0.140. The molecule has 21 heavy (non-hydrogen) atoms. The van der Waals surface area contributed by atoms with Gasteiger partial charge in [-0.25, -0.2) is 0 Å². The predicted molar refractivity (Wildman–Crippen MR) is 83.9 cm³/mol. The van der Waals surface area contributed by atoms with Crippen LogP contribution in [0, 0.1) is 0 Å². The molecule has 1 saturated heterocycles. The molecular formula is C17H30N2O2. The Morgan fingerprint density at radius 2 is 1.81 bits per heavy atom. The van der Waals surface area contributed by atoms with E-state index < -0.39 is 5.54 Å². The van der Waals surface area contributed by atoms with E-state index in [1.165, 1.54) is 25.7 Å². The van der Waals surface area contributed by atoms with Crippen molar-refractivity contribution in [2.45, 2.75) is 89.6 Å². The molecule has 2 amide bonds. The highest BCUT2D eigenvalue weighted by Crippen LogP contribution is 2.34. The summed E-state index contributed by atoms with van der Waals surface area (Å²) in [7, 11) is 0. The Balaban J connectivity index is 1.99. The first-order chi connectivity index (χ1) is 10.1. The Morgan fingerprint density at radius 3 is 2.48 bits per heavy atom. The third kappa shape index (κ3) is 3.78. The SMILES string of the molecule is CCCCCCCN1C(=O)C2(CCCC2)NC(=O)CC1C. The summed E-state index contributed by atoms with van der Waals surface area (Å²) in [4.78, 5) is 27.0. The van der Waals surface area contributed by atoms with E-state index in [4.69, 9.17) is 0 Å². The number of carbonyl (C=O) groups excluding carboxylic acids is 2. The summed E-state index contributed by atoms with van der Waals surface area (Å²) >= 11 is 0. The smallest absolute Gasteiger partial charge is 0.248 e. The van der Waals surface area contributed by atoms with Crippen LogP contribution in [0.1, 0.15) is 78.1 Å². The van der Waals surface area contributed by atoms with E-state index in [0.717, 1.165) is 38.6 Å². The van der Waals surface area contributed by atoms with Crippen molar-refractivity contribution < 1.29 is 9.59 Å². The molecule has 1 N–H and O–H groups in total. The summed E-state index contributed by atoms with van der Waals surface area (Å²) in [5.74, 6) is 0.222. The summed E-state index contributed by atoms with van der Waals surface area (Å²) in [6.45, 7) is 5.03. The lowest BCUT2D eigenvalue weighted by Gasteiger charge is -2.34. The first-order valence-corrected chi connectivity index (χ1v) is 8.71. The molecule has 1 spiro atoms. The van der Waals surface area contributed by atoms with Gasteiger partial charge in [0.05, 0.1) is 0 Å². The molecule has 1 unspecified atom stereocenters. The molecule has 4 heteroatoms. The van der Waals surface area contributed by atoms with Gasteiger partial charge < -0.3 is 10.2 Å². The van der Waals surface area contributed by atoms with E-state index >= 15 is 0 Å². The highest BCUT2D eigenvalue weighted by atomic mass is 16.2. The zero-order valence-corrected chi connectivity index (χ0v) is 13.6. The average Bonchev–Trinajstić information content (AvgIpc) is 2.88. The van der Waals surface area contributed by atoms with E-state index in [-0.39, 0.29) is 17.9 Å². The molecule has 1 aliphatic heterocycles. The fourth-order valence-electron chi connectivity index (χ4n) is 3.75. The second-order valence-electron chi connectivity index (χ2n) is 6.80. The monoisotopic (exact) mass is 294 g/mol. The Bertz CT molecular complexity index is 375. The number of nitrogens with zero attached hydrogens (tertiary/aromatic N) is 1. The largest absolute Gasteiger partial charge is 0.342 e. The van der Waals surface area contributed by atoms with Gasteiger partial charge >= 0.3 is 0 Å². The Morgan fingerprint density at radius 1 is 1.14 bits per heavy atom. The van der Waals surface area contributed by atoms with E-state index in [1.807, 2.05) is 11.8 Å². The molecule has 2 aliphatic rings. The lowest BCUT2D eigenvalue weighted by atomic mass is 9.95. The minimum absolute atomic E-state index is 0.0312. The summed E-state index contributed by atoms with van der Waals surface area (Å²) in [5.41, 5.74) is -0.578. The molecule has 4 nitrogen and oxygen atoms in total. The Hall–Kier alpha value is -1.06. The third-order valence-electron chi connectivity index (χ3n) is 5.02. The van der Waals surface area contributed by atoms with E-state index in [0.29, 0.717) is 6.42 Å². The van der Waals surface area contributed by atoms with Crippen molar-refractivity contribution in [2.24, 2.45) is 0 Å². The molecule has 0 aromatic carbocycles. The van der Waals surface area contributed by atoms with Crippen molar-refractivity contribution in [1.82, 2.24) is 10.2 Å². The van der Waals surface area contributed by atoms with Crippen LogP contribution in [0.2, 0.25) is 0 Å². The van der Waals surface area contributed by atoms with Gasteiger partial charge in [0.1, 0.15) is 5.54 Å². The van der Waals surface area contributed by atoms with Crippen molar-refractivity contribution in [3.8, 4) is 0 Å². The maximum Gasteiger partial charge on any atom is 0.248 e. The standard InChI is InChI=1S/C17H30N2O2/c1-3-4-5-6-9-12-19-14(2)13-15(20)18-17(16(19)21)10-7-8-11-17/h14H,3-13H2,1-2H3,(H,18,20). The molecule has 2 fully saturated rings. The van der Waals surface area contributed by atoms with Gasteiger partial charge in [0.15, 0.2) is 0 Å². The minimum atomic E-state index is -0.578. The highest BCUT2D eigenvalue weighted by molar-refractivity contribution is 5.94. The molecule has 1 atom stereocenters. The third-order valence-corrected chi connectivity index (χ3v) is 5.02. The molecule has 120 valence electrons. The van der Waals surface area contributed by atoms with E-state index in [1.54, 1.807) is 0 Å². The van der Waals surface area contributed by atoms with Gasteiger partial charge in [0, 0.05) is 19.0 Å². The second-order valence-corrected chi connectivity index (χ2v) is 6.80. The van der Waals surface area contributed by atoms with Crippen LogP contribution in [-0.2, 0) is 9.59 Å². The number of carbonyl (C=O) groups is 2. The van der Waals surface area contributed by atoms with Crippen LogP contribution in [0.25, 0.3) is 0 Å². The molecule has 2 rings (SSSR count). The number of unbranched alkanes of at least 4 members (excludes halogenated alkanes) is 4. The Kier molecular flexibility index (Phi) is 5.65. The van der Waals surface area contributed by atoms with Crippen molar-refractivity contribution in [2.75, 3.05) is 6.54 Å². The van der Waals surface area contributed by atoms with Crippen LogP contribution in [0.4, 0.5) is 0 Å². The molecule has 0 aromatic rings. The van der Waals surface area contributed by atoms with Crippen molar-refractivity contribution in [3.05, 3.63) is 0 Å². The molecule has 1 saturated carbocycles. The fourth-order valence-corrected chi connectivity index (χ4v) is 3.75. The van der Waals surface area contributed by atoms with Gasteiger partial charge in [-0.3, -0.25) is 9.59 Å². The summed E-state index contributed by atoms with van der Waals surface area (Å²) in [6, 6.07) is 0.0312. The molecule has 0 bridgehead atoms. The number of hydrogen-bond acceptors (Lipinski definition) is 2. The normalized spacial score (nSPS) is 25.2. The second kappa shape index (κ2) is 7.28. The lowest BCUT2D eigenvalue weighted by Crippen LogP contribution is -2.56. The van der Waals surface area contributed by atoms with Crippen LogP contribution >= 0.6 is 0 Å². The number of nitrogens with one attached hydrogen (secondary N) is 1. The zero-order chi connectivity index (χ0) is 15.3. The van der Waals surface area contributed by atoms with Gasteiger partial charge in [0.2, 0.25) is 11.8 Å². The molecule has 1 aliphatic carbocycles. The van der Waals surface area contributed by atoms with E-state index in [9.17, 15) is 9.59 Å². The molecule has 0 aromatic heterocycles. The zero-order valence-electron chi connectivity index (χ0n) is 13.6. The maximum atomic E-state index is 13.0. The van der Waals surface area contributed by atoms with Crippen LogP contribution < -0.4 is 5.32 Å². The molecule has 0 radical (unpaired) electrons. The molecule has 1 heterocycles. The van der Waals surface area contributed by atoms with Crippen molar-refractivity contribution >= 4 is 11.8 Å². The van der Waals surface area contributed by atoms with E-state index in [2.05, 4.69) is 12.2 Å². The molecular weight excluding hydrogens is 264 g/mol. The summed E-state index contributed by atoms with van der Waals surface area (Å²) < 4.78 is 0. The van der Waals surface area contributed by atoms with Crippen LogP contribution in [-0.4, -0.2) is 34.8 Å². The van der Waals surface area contributed by atoms with Crippen LogP contribution in [0.5, 0.6) is 0 Å². The highest BCUT2D eigenvalue weighted by Gasteiger charge is 2.47. The van der Waals surface area contributed by atoms with Crippen LogP contribution in [0.15, 0.2) is 0 Å². The van der Waals surface area contributed by atoms with Crippen molar-refractivity contribution in [3.63, 3.8) is 0 Å². The quantitative estimate of drug-likeness (QED) is 0.766. The summed E-state index contributed by atoms with van der Waals surface area (Å²) in [6.07, 6.45) is 10.2. The fraction of sp³-hybridized carbons (Fsp3) is 0.882. The van der Waals surface area contributed by atoms with Gasteiger partial charge in [-0.15, -0.1) is 0 Å². The number of amides is 2. The first-order valence-electron chi connectivity index (χ1n) is 8.71. The van der Waals surface area contributed by atoms with Gasteiger partial charge in [0.25, 0.3) is 0 Å². The number of rotatable bonds is 6. The number of hydrogen-bond donors (Lipinski definition) is 1. The van der Waals surface area contributed by atoms with Crippen LogP contribution in [0.3, 0.4) is 0 Å². The van der Waals surface area contributed by atoms with Gasteiger partial charge in [-0.1, -0.05) is 45.4 Å². The van der Waals surface area contributed by atoms with Gasteiger partial charge in [-0.2, -0.15) is 0 Å². The predicted octanol–water partition coefficient (Wildman–Crippen LogP) is 3.01. The summed E-state index contributed by atoms with van der Waals surface area (Å²) in [5, 5.41) is 3.04. The maximum absolute atomic E-state index is 13.0. The Labute approximate surface area is 128 Å². The minimum Gasteiger partial charge on any atom is -0.342 e. The topological polar surface area (TPSA) is 49.4 Å². The van der Waals surface area contributed by atoms with Crippen molar-refractivity contribution in [1.29, 1.82) is 0 Å².